The maximum Gasteiger partial charge on any atom is 0.142 e. The summed E-state index contributed by atoms with van der Waals surface area (Å²) in [5.41, 5.74) is 1.87. The van der Waals surface area contributed by atoms with E-state index in [1.165, 1.54) is 6.07 Å². The largest absolute Gasteiger partial charge is 0.491 e. The van der Waals surface area contributed by atoms with Gasteiger partial charge in [-0.25, -0.2) is 4.39 Å². The van der Waals surface area contributed by atoms with Gasteiger partial charge in [-0.15, -0.1) is 0 Å². The van der Waals surface area contributed by atoms with Crippen LogP contribution >= 0.6 is 11.6 Å². The number of hydrogen-bond acceptors (Lipinski definition) is 2. The Bertz CT molecular complexity index is 598. The second-order valence-electron chi connectivity index (χ2n) is 5.13. The van der Waals surface area contributed by atoms with Crippen LogP contribution in [0.3, 0.4) is 0 Å². The van der Waals surface area contributed by atoms with Gasteiger partial charge in [-0.2, -0.15) is 0 Å². The number of rotatable bonds is 5. The molecule has 2 rings (SSSR count). The van der Waals surface area contributed by atoms with E-state index in [4.69, 9.17) is 16.3 Å². The zero-order valence-electron chi connectivity index (χ0n) is 12.4. The van der Waals surface area contributed by atoms with Crippen LogP contribution in [0.2, 0.25) is 5.02 Å². The van der Waals surface area contributed by atoms with Crippen molar-refractivity contribution in [3.8, 4) is 5.75 Å². The number of nitrogens with one attached hydrogen (secondary N) is 1. The molecule has 0 saturated heterocycles. The third-order valence-corrected chi connectivity index (χ3v) is 3.46. The first-order valence-corrected chi connectivity index (χ1v) is 7.28. The summed E-state index contributed by atoms with van der Waals surface area (Å²) in [6.45, 7) is 3.97. The third-order valence-electron chi connectivity index (χ3n) is 3.15. The van der Waals surface area contributed by atoms with Gasteiger partial charge in [0.2, 0.25) is 0 Å². The molecule has 0 saturated carbocycles. The summed E-state index contributed by atoms with van der Waals surface area (Å²) < 4.78 is 19.2. The topological polar surface area (TPSA) is 21.3 Å². The molecule has 0 fully saturated rings. The van der Waals surface area contributed by atoms with Crippen molar-refractivity contribution < 1.29 is 9.13 Å². The standard InChI is InChI=1S/C17H19ClFNO/c1-11(2)21-14-7-4-12(5-8-14)17(20-3)13-6-9-15(18)16(19)10-13/h4-11,17,20H,1-3H3. The van der Waals surface area contributed by atoms with E-state index in [0.29, 0.717) is 0 Å². The average Bonchev–Trinajstić information content (AvgIpc) is 2.45. The van der Waals surface area contributed by atoms with Crippen LogP contribution in [0.25, 0.3) is 0 Å². The van der Waals surface area contributed by atoms with Crippen LogP contribution in [-0.2, 0) is 0 Å². The zero-order chi connectivity index (χ0) is 15.4. The molecule has 1 N–H and O–H groups in total. The van der Waals surface area contributed by atoms with Crippen LogP contribution in [0.4, 0.5) is 4.39 Å². The van der Waals surface area contributed by atoms with Crippen molar-refractivity contribution in [3.63, 3.8) is 0 Å². The van der Waals surface area contributed by atoms with E-state index in [9.17, 15) is 4.39 Å². The molecule has 2 nitrogen and oxygen atoms in total. The molecule has 112 valence electrons. The second-order valence-corrected chi connectivity index (χ2v) is 5.54. The van der Waals surface area contributed by atoms with Gasteiger partial charge in [0, 0.05) is 0 Å². The minimum Gasteiger partial charge on any atom is -0.491 e. The van der Waals surface area contributed by atoms with Crippen LogP contribution in [0.1, 0.15) is 31.0 Å². The zero-order valence-corrected chi connectivity index (χ0v) is 13.1. The molecule has 0 radical (unpaired) electrons. The molecular weight excluding hydrogens is 289 g/mol. The van der Waals surface area contributed by atoms with E-state index in [0.717, 1.165) is 16.9 Å². The Morgan fingerprint density at radius 2 is 1.67 bits per heavy atom. The van der Waals surface area contributed by atoms with Crippen LogP contribution in [-0.4, -0.2) is 13.2 Å². The van der Waals surface area contributed by atoms with E-state index >= 15 is 0 Å². The van der Waals surface area contributed by atoms with Crippen LogP contribution in [0, 0.1) is 5.82 Å². The lowest BCUT2D eigenvalue weighted by Gasteiger charge is -2.18. The van der Waals surface area contributed by atoms with Gasteiger partial charge in [0.15, 0.2) is 0 Å². The van der Waals surface area contributed by atoms with Gasteiger partial charge in [-0.05, 0) is 56.3 Å². The van der Waals surface area contributed by atoms with E-state index in [-0.39, 0.29) is 17.2 Å². The van der Waals surface area contributed by atoms with Crippen LogP contribution in [0.5, 0.6) is 5.75 Å². The molecule has 0 amide bonds. The van der Waals surface area contributed by atoms with E-state index in [1.54, 1.807) is 6.07 Å². The smallest absolute Gasteiger partial charge is 0.142 e. The maximum absolute atomic E-state index is 13.6. The Hall–Kier alpha value is -1.58. The highest BCUT2D eigenvalue weighted by Crippen LogP contribution is 2.26. The minimum atomic E-state index is -0.408. The Kier molecular flexibility index (Phi) is 5.21. The molecule has 21 heavy (non-hydrogen) atoms. The number of benzene rings is 2. The highest BCUT2D eigenvalue weighted by molar-refractivity contribution is 6.30. The minimum absolute atomic E-state index is 0.0927. The molecule has 0 aliphatic rings. The molecule has 1 atom stereocenters. The van der Waals surface area contributed by atoms with Crippen molar-refractivity contribution in [2.24, 2.45) is 0 Å². The number of ether oxygens (including phenoxy) is 1. The fourth-order valence-corrected chi connectivity index (χ4v) is 2.35. The molecule has 1 unspecified atom stereocenters. The first kappa shape index (κ1) is 15.8. The summed E-state index contributed by atoms with van der Waals surface area (Å²) in [7, 11) is 1.84. The van der Waals surface area contributed by atoms with Gasteiger partial charge in [-0.3, -0.25) is 0 Å². The van der Waals surface area contributed by atoms with Gasteiger partial charge >= 0.3 is 0 Å². The van der Waals surface area contributed by atoms with Crippen molar-refractivity contribution in [2.45, 2.75) is 26.0 Å². The summed E-state index contributed by atoms with van der Waals surface area (Å²) in [4.78, 5) is 0. The summed E-state index contributed by atoms with van der Waals surface area (Å²) in [6.07, 6.45) is 0.140. The molecule has 4 heteroatoms. The molecule has 0 aromatic heterocycles. The molecule has 0 aliphatic heterocycles. The molecule has 0 aliphatic carbocycles. The molecule has 0 bridgehead atoms. The van der Waals surface area contributed by atoms with Crippen molar-refractivity contribution in [1.82, 2.24) is 5.32 Å². The molecule has 0 spiro atoms. The second kappa shape index (κ2) is 6.92. The van der Waals surface area contributed by atoms with Crippen LogP contribution in [0.15, 0.2) is 42.5 Å². The molecule has 2 aromatic carbocycles. The fraction of sp³-hybridized carbons (Fsp3) is 0.294. The Morgan fingerprint density at radius 1 is 1.05 bits per heavy atom. The third kappa shape index (κ3) is 3.96. The highest BCUT2D eigenvalue weighted by Gasteiger charge is 2.14. The van der Waals surface area contributed by atoms with Crippen molar-refractivity contribution in [1.29, 1.82) is 0 Å². The van der Waals surface area contributed by atoms with E-state index in [2.05, 4.69) is 5.32 Å². The Labute approximate surface area is 129 Å². The number of halogens is 2. The summed E-state index contributed by atoms with van der Waals surface area (Å²) >= 11 is 5.73. The van der Waals surface area contributed by atoms with Crippen molar-refractivity contribution in [2.75, 3.05) is 7.05 Å². The quantitative estimate of drug-likeness (QED) is 0.873. The SMILES string of the molecule is CNC(c1ccc(OC(C)C)cc1)c1ccc(Cl)c(F)c1. The van der Waals surface area contributed by atoms with Gasteiger partial charge in [0.05, 0.1) is 17.2 Å². The van der Waals surface area contributed by atoms with Crippen LogP contribution < -0.4 is 10.1 Å². The lowest BCUT2D eigenvalue weighted by Crippen LogP contribution is -2.17. The van der Waals surface area contributed by atoms with Gasteiger partial charge in [-0.1, -0.05) is 29.8 Å². The van der Waals surface area contributed by atoms with Crippen molar-refractivity contribution in [3.05, 3.63) is 64.4 Å². The number of hydrogen-bond donors (Lipinski definition) is 1. The van der Waals surface area contributed by atoms with Gasteiger partial charge in [0.25, 0.3) is 0 Å². The first-order chi connectivity index (χ1) is 10.0. The highest BCUT2D eigenvalue weighted by atomic mass is 35.5. The first-order valence-electron chi connectivity index (χ1n) is 6.90. The predicted molar refractivity (Wildman–Crippen MR) is 84.5 cm³/mol. The average molecular weight is 308 g/mol. The maximum atomic E-state index is 13.6. The Morgan fingerprint density at radius 3 is 2.19 bits per heavy atom. The monoisotopic (exact) mass is 307 g/mol. The summed E-state index contributed by atoms with van der Waals surface area (Å²) in [5, 5.41) is 3.32. The Balaban J connectivity index is 2.26. The fourth-order valence-electron chi connectivity index (χ4n) is 2.23. The van der Waals surface area contributed by atoms with Crippen molar-refractivity contribution >= 4 is 11.6 Å². The summed E-state index contributed by atoms with van der Waals surface area (Å²) in [5.74, 6) is 0.417. The molecular formula is C17H19ClFNO. The summed E-state index contributed by atoms with van der Waals surface area (Å²) in [6, 6.07) is 12.6. The van der Waals surface area contributed by atoms with Gasteiger partial charge < -0.3 is 10.1 Å². The van der Waals surface area contributed by atoms with Gasteiger partial charge in [0.1, 0.15) is 11.6 Å². The molecule has 2 aromatic rings. The normalized spacial score (nSPS) is 12.5. The van der Waals surface area contributed by atoms with E-state index < -0.39 is 5.82 Å². The molecule has 0 heterocycles. The van der Waals surface area contributed by atoms with E-state index in [1.807, 2.05) is 51.2 Å². The lowest BCUT2D eigenvalue weighted by atomic mass is 9.98. The lowest BCUT2D eigenvalue weighted by molar-refractivity contribution is 0.242. The predicted octanol–water partition coefficient (Wildman–Crippen LogP) is 4.58.